The number of hydrogen-bond acceptors (Lipinski definition) is 2. The van der Waals surface area contributed by atoms with Gasteiger partial charge in [0.25, 0.3) is 5.91 Å². The van der Waals surface area contributed by atoms with E-state index in [1.54, 1.807) is 12.1 Å². The summed E-state index contributed by atoms with van der Waals surface area (Å²) >= 11 is 8.15. The van der Waals surface area contributed by atoms with Gasteiger partial charge in [-0.15, -0.1) is 0 Å². The van der Waals surface area contributed by atoms with Gasteiger partial charge in [0.05, 0.1) is 10.6 Å². The molecule has 0 aromatic heterocycles. The SMILES string of the molecule is CC1(C)CCC(O)(CNC(=O)c2ccc(I)c(Cl)c2)CC1. The molecule has 0 spiro atoms. The lowest BCUT2D eigenvalue weighted by molar-refractivity contribution is -0.0233. The van der Waals surface area contributed by atoms with Crippen LogP contribution in [0.15, 0.2) is 18.2 Å². The van der Waals surface area contributed by atoms with Crippen molar-refractivity contribution in [1.29, 1.82) is 0 Å². The molecule has 2 rings (SSSR count). The predicted octanol–water partition coefficient (Wildman–Crippen LogP) is 4.01. The molecule has 1 aliphatic rings. The molecule has 5 heteroatoms. The summed E-state index contributed by atoms with van der Waals surface area (Å²) in [6.07, 6.45) is 3.42. The fourth-order valence-electron chi connectivity index (χ4n) is 2.55. The number of hydrogen-bond donors (Lipinski definition) is 2. The third-order valence-electron chi connectivity index (χ3n) is 4.29. The fourth-order valence-corrected chi connectivity index (χ4v) is 3.07. The summed E-state index contributed by atoms with van der Waals surface area (Å²) in [5, 5.41) is 14.0. The second-order valence-electron chi connectivity index (χ2n) is 6.70. The van der Waals surface area contributed by atoms with E-state index in [9.17, 15) is 9.90 Å². The molecular formula is C16H21ClINO2. The molecule has 0 heterocycles. The van der Waals surface area contributed by atoms with Crippen molar-refractivity contribution in [2.24, 2.45) is 5.41 Å². The van der Waals surface area contributed by atoms with Crippen molar-refractivity contribution in [3.63, 3.8) is 0 Å². The van der Waals surface area contributed by atoms with Gasteiger partial charge in [-0.05, 0) is 71.9 Å². The highest BCUT2D eigenvalue weighted by atomic mass is 127. The van der Waals surface area contributed by atoms with Gasteiger partial charge < -0.3 is 10.4 Å². The van der Waals surface area contributed by atoms with Crippen LogP contribution in [0.3, 0.4) is 0 Å². The molecular weight excluding hydrogens is 401 g/mol. The maximum absolute atomic E-state index is 12.1. The molecule has 1 saturated carbocycles. The molecule has 1 fully saturated rings. The molecule has 0 aliphatic heterocycles. The molecule has 1 aliphatic carbocycles. The summed E-state index contributed by atoms with van der Waals surface area (Å²) in [6, 6.07) is 5.22. The molecule has 0 bridgehead atoms. The summed E-state index contributed by atoms with van der Waals surface area (Å²) in [6.45, 7) is 4.74. The van der Waals surface area contributed by atoms with Gasteiger partial charge >= 0.3 is 0 Å². The minimum atomic E-state index is -0.780. The number of nitrogens with one attached hydrogen (secondary N) is 1. The van der Waals surface area contributed by atoms with Gasteiger partial charge in [-0.3, -0.25) is 4.79 Å². The zero-order valence-corrected chi connectivity index (χ0v) is 15.3. The van der Waals surface area contributed by atoms with Crippen molar-refractivity contribution in [2.75, 3.05) is 6.54 Å². The number of rotatable bonds is 3. The Morgan fingerprint density at radius 3 is 2.52 bits per heavy atom. The topological polar surface area (TPSA) is 49.3 Å². The Bertz CT molecular complexity index is 535. The van der Waals surface area contributed by atoms with Crippen molar-refractivity contribution < 1.29 is 9.90 Å². The summed E-state index contributed by atoms with van der Waals surface area (Å²) < 4.78 is 0.916. The standard InChI is InChI=1S/C16H21ClINO2/c1-15(2)5-7-16(21,8-6-15)10-19-14(20)11-3-4-13(18)12(17)9-11/h3-4,9,21H,5-8,10H2,1-2H3,(H,19,20). The highest BCUT2D eigenvalue weighted by Crippen LogP contribution is 2.39. The molecule has 2 N–H and O–H groups in total. The van der Waals surface area contributed by atoms with Crippen molar-refractivity contribution in [1.82, 2.24) is 5.32 Å². The quantitative estimate of drug-likeness (QED) is 0.725. The largest absolute Gasteiger partial charge is 0.388 e. The number of benzene rings is 1. The Balaban J connectivity index is 1.93. The lowest BCUT2D eigenvalue weighted by Gasteiger charge is -2.40. The van der Waals surface area contributed by atoms with E-state index in [4.69, 9.17) is 11.6 Å². The fraction of sp³-hybridized carbons (Fsp3) is 0.562. The lowest BCUT2D eigenvalue weighted by Crippen LogP contribution is -2.46. The zero-order chi connectivity index (χ0) is 15.7. The molecule has 3 nitrogen and oxygen atoms in total. The number of halogens is 2. The molecule has 0 saturated heterocycles. The van der Waals surface area contributed by atoms with Crippen LogP contribution in [0.5, 0.6) is 0 Å². The van der Waals surface area contributed by atoms with Crippen LogP contribution in [0.4, 0.5) is 0 Å². The average Bonchev–Trinajstić information content (AvgIpc) is 2.43. The monoisotopic (exact) mass is 421 g/mol. The summed E-state index contributed by atoms with van der Waals surface area (Å²) in [4.78, 5) is 12.1. The Hall–Kier alpha value is -0.330. The van der Waals surface area contributed by atoms with Gasteiger partial charge in [0, 0.05) is 15.7 Å². The third-order valence-corrected chi connectivity index (χ3v) is 5.87. The second-order valence-corrected chi connectivity index (χ2v) is 8.27. The molecule has 0 unspecified atom stereocenters. The molecule has 0 atom stereocenters. The van der Waals surface area contributed by atoms with Gasteiger partial charge in [0.1, 0.15) is 0 Å². The normalized spacial score (nSPS) is 20.0. The smallest absolute Gasteiger partial charge is 0.251 e. The molecule has 21 heavy (non-hydrogen) atoms. The van der Waals surface area contributed by atoms with Gasteiger partial charge in [-0.1, -0.05) is 25.4 Å². The van der Waals surface area contributed by atoms with E-state index in [2.05, 4.69) is 41.8 Å². The van der Waals surface area contributed by atoms with E-state index in [-0.39, 0.29) is 5.91 Å². The lowest BCUT2D eigenvalue weighted by atomic mass is 9.71. The van der Waals surface area contributed by atoms with Gasteiger partial charge in [-0.25, -0.2) is 0 Å². The third kappa shape index (κ3) is 4.57. The Kier molecular flexibility index (Phi) is 5.21. The first-order valence-corrected chi connectivity index (χ1v) is 8.62. The van der Waals surface area contributed by atoms with Crippen molar-refractivity contribution in [3.8, 4) is 0 Å². The minimum Gasteiger partial charge on any atom is -0.388 e. The van der Waals surface area contributed by atoms with E-state index in [1.165, 1.54) is 0 Å². The molecule has 0 radical (unpaired) electrons. The summed E-state index contributed by atoms with van der Waals surface area (Å²) in [7, 11) is 0. The van der Waals surface area contributed by atoms with Gasteiger partial charge in [-0.2, -0.15) is 0 Å². The number of carbonyl (C=O) groups excluding carboxylic acids is 1. The minimum absolute atomic E-state index is 0.188. The van der Waals surface area contributed by atoms with E-state index < -0.39 is 5.60 Å². The molecule has 1 aromatic carbocycles. The average molecular weight is 422 g/mol. The van der Waals surface area contributed by atoms with E-state index in [0.717, 1.165) is 29.3 Å². The summed E-state index contributed by atoms with van der Waals surface area (Å²) in [5.41, 5.74) is 0.0399. The van der Waals surface area contributed by atoms with Crippen LogP contribution in [0.25, 0.3) is 0 Å². The zero-order valence-electron chi connectivity index (χ0n) is 12.4. The van der Waals surface area contributed by atoms with Crippen LogP contribution in [-0.4, -0.2) is 23.2 Å². The highest BCUT2D eigenvalue weighted by Gasteiger charge is 2.36. The maximum atomic E-state index is 12.1. The first-order valence-electron chi connectivity index (χ1n) is 7.17. The summed E-state index contributed by atoms with van der Waals surface area (Å²) in [5.74, 6) is -0.188. The van der Waals surface area contributed by atoms with Crippen molar-refractivity contribution in [3.05, 3.63) is 32.4 Å². The number of aliphatic hydroxyl groups is 1. The van der Waals surface area contributed by atoms with Gasteiger partial charge in [0.15, 0.2) is 0 Å². The maximum Gasteiger partial charge on any atom is 0.251 e. The van der Waals surface area contributed by atoms with Crippen LogP contribution < -0.4 is 5.32 Å². The van der Waals surface area contributed by atoms with Crippen molar-refractivity contribution in [2.45, 2.75) is 45.1 Å². The van der Waals surface area contributed by atoms with Crippen LogP contribution in [0, 0.1) is 8.99 Å². The van der Waals surface area contributed by atoms with Crippen LogP contribution in [0.2, 0.25) is 5.02 Å². The van der Waals surface area contributed by atoms with E-state index in [1.807, 2.05) is 6.07 Å². The predicted molar refractivity (Wildman–Crippen MR) is 93.7 cm³/mol. The van der Waals surface area contributed by atoms with Crippen LogP contribution in [0.1, 0.15) is 49.9 Å². The second kappa shape index (κ2) is 6.42. The van der Waals surface area contributed by atoms with Gasteiger partial charge in [0.2, 0.25) is 0 Å². The van der Waals surface area contributed by atoms with E-state index in [0.29, 0.717) is 22.5 Å². The number of carbonyl (C=O) groups is 1. The Labute approximate surface area is 144 Å². The van der Waals surface area contributed by atoms with Crippen LogP contribution in [-0.2, 0) is 0 Å². The first-order chi connectivity index (χ1) is 9.71. The molecule has 1 amide bonds. The van der Waals surface area contributed by atoms with Crippen molar-refractivity contribution >= 4 is 40.1 Å². The molecule has 1 aromatic rings. The highest BCUT2D eigenvalue weighted by molar-refractivity contribution is 14.1. The Morgan fingerprint density at radius 1 is 1.33 bits per heavy atom. The number of amides is 1. The molecule has 116 valence electrons. The Morgan fingerprint density at radius 2 is 1.95 bits per heavy atom. The van der Waals surface area contributed by atoms with E-state index >= 15 is 0 Å². The first kappa shape index (κ1) is 17.0. The van der Waals surface area contributed by atoms with Crippen LogP contribution >= 0.6 is 34.2 Å².